The molecule has 14 N–H and O–H groups in total. The third-order valence-corrected chi connectivity index (χ3v) is 7.04. The second-order valence-corrected chi connectivity index (χ2v) is 13.4. The molecule has 0 bridgehead atoms. The minimum absolute atomic E-state index is 0.0970. The van der Waals surface area contributed by atoms with Crippen LogP contribution in [0, 0.1) is 10.8 Å². The fourth-order valence-electron chi connectivity index (χ4n) is 2.39. The average molecular weight is 1140 g/mol. The van der Waals surface area contributed by atoms with Gasteiger partial charge in [-0.15, -0.1) is 0 Å². The molecule has 0 aromatic heterocycles. The molecule has 78 heavy (non-hydrogen) atoms. The topological polar surface area (TPSA) is 543 Å². The molecule has 32 nitrogen and oxygen atoms in total. The van der Waals surface area contributed by atoms with Crippen LogP contribution in [-0.4, -0.2) is 236 Å². The summed E-state index contributed by atoms with van der Waals surface area (Å²) in [6, 6.07) is 0. The zero-order chi connectivity index (χ0) is 62.6. The van der Waals surface area contributed by atoms with Gasteiger partial charge in [-0.1, -0.05) is 39.5 Å². The van der Waals surface area contributed by atoms with Crippen molar-refractivity contribution in [3.05, 3.63) is 75.9 Å². The summed E-state index contributed by atoms with van der Waals surface area (Å²) < 4.78 is 26.2. The van der Waals surface area contributed by atoms with E-state index in [4.69, 9.17) is 71.5 Å². The van der Waals surface area contributed by atoms with Gasteiger partial charge in [-0.25, -0.2) is 28.8 Å². The molecule has 0 saturated carbocycles. The van der Waals surface area contributed by atoms with Crippen LogP contribution in [0.3, 0.4) is 0 Å². The summed E-state index contributed by atoms with van der Waals surface area (Å²) in [5, 5.41) is 116. The van der Waals surface area contributed by atoms with E-state index in [1.807, 2.05) is 0 Å². The number of rotatable bonds is 32. The minimum Gasteiger partial charge on any atom is -0.481 e. The monoisotopic (exact) mass is 1140 g/mol. The molecular weight excluding hydrogens is 1060 g/mol. The van der Waals surface area contributed by atoms with Gasteiger partial charge in [-0.3, -0.25) is 28.8 Å². The Bertz CT molecular complexity index is 1460. The Labute approximate surface area is 446 Å². The molecular formula is C46H72O32. The van der Waals surface area contributed by atoms with Crippen LogP contribution in [0.2, 0.25) is 0 Å². The third kappa shape index (κ3) is 74.3. The Kier molecular flexibility index (Phi) is 68.0. The first-order valence-electron chi connectivity index (χ1n) is 21.4. The molecule has 0 fully saturated rings. The van der Waals surface area contributed by atoms with Crippen LogP contribution in [0.15, 0.2) is 75.9 Å². The van der Waals surface area contributed by atoms with Gasteiger partial charge in [-0.05, 0) is 0 Å². The summed E-state index contributed by atoms with van der Waals surface area (Å²) in [4.78, 5) is 121. The highest BCUT2D eigenvalue weighted by atomic mass is 16.6. The Balaban J connectivity index is -0.000000120. The summed E-state index contributed by atoms with van der Waals surface area (Å²) >= 11 is 0. The van der Waals surface area contributed by atoms with Gasteiger partial charge in [0, 0.05) is 36.5 Å². The van der Waals surface area contributed by atoms with Crippen molar-refractivity contribution in [3.8, 4) is 0 Å². The average Bonchev–Trinajstić information content (AvgIpc) is 3.40. The van der Waals surface area contributed by atoms with Gasteiger partial charge in [0.15, 0.2) is 0 Å². The summed E-state index contributed by atoms with van der Waals surface area (Å²) in [7, 11) is 0. The summed E-state index contributed by atoms with van der Waals surface area (Å²) in [5.74, 6) is -9.51. The molecule has 0 aromatic rings. The van der Waals surface area contributed by atoms with Gasteiger partial charge >= 0.3 is 71.6 Å². The maximum atomic E-state index is 10.3. The van der Waals surface area contributed by atoms with Crippen LogP contribution >= 0.6 is 0 Å². The number of hydrogen-bond donors (Lipinski definition) is 14. The largest absolute Gasteiger partial charge is 0.481 e. The molecule has 0 atom stereocenters. The molecule has 0 amide bonds. The van der Waals surface area contributed by atoms with Gasteiger partial charge in [-0.2, -0.15) is 0 Å². The van der Waals surface area contributed by atoms with E-state index in [-0.39, 0.29) is 78.2 Å². The van der Waals surface area contributed by atoms with E-state index < -0.39 is 135 Å². The molecule has 0 heterocycles. The number of carbonyl (C=O) groups excluding carboxylic acids is 6. The fraction of sp³-hybridized carbons (Fsp3) is 0.478. The standard InChI is InChI=1S/6C6H8O4.2C5H12O4/c6*1-2-6(9)10-4-3-5(7)8;2*6-1-5(2-7,3-8)4-9/h6*2H,1,3-4H2,(H,7,8);2*6-9H,1-4H2. The van der Waals surface area contributed by atoms with Gasteiger partial charge in [0.1, 0.15) is 39.6 Å². The number of carboxylic acid groups (broad SMARTS) is 6. The Hall–Kier alpha value is -8.24. The van der Waals surface area contributed by atoms with Crippen LogP contribution in [-0.2, 0) is 86.0 Å². The van der Waals surface area contributed by atoms with Gasteiger partial charge in [0.25, 0.3) is 0 Å². The van der Waals surface area contributed by atoms with Crippen molar-refractivity contribution in [1.82, 2.24) is 0 Å². The van der Waals surface area contributed by atoms with Gasteiger partial charge in [0.2, 0.25) is 0 Å². The van der Waals surface area contributed by atoms with Crippen LogP contribution in [0.25, 0.3) is 0 Å². The number of aliphatic hydroxyl groups is 8. The number of esters is 6. The normalized spacial score (nSPS) is 9.23. The summed E-state index contributed by atoms with van der Waals surface area (Å²) in [6.45, 7) is 15.0. The Morgan fingerprint density at radius 1 is 0.256 bits per heavy atom. The number of carbonyl (C=O) groups is 12. The highest BCUT2D eigenvalue weighted by molar-refractivity contribution is 5.83. The molecule has 32 heteroatoms. The Morgan fingerprint density at radius 3 is 0.410 bits per heavy atom. The Morgan fingerprint density at radius 2 is 0.359 bits per heavy atom. The van der Waals surface area contributed by atoms with Crippen molar-refractivity contribution in [2.24, 2.45) is 10.8 Å². The lowest BCUT2D eigenvalue weighted by molar-refractivity contribution is -0.144. The zero-order valence-corrected chi connectivity index (χ0v) is 42.5. The summed E-state index contributed by atoms with van der Waals surface area (Å²) in [6.07, 6.45) is 4.93. The van der Waals surface area contributed by atoms with Crippen molar-refractivity contribution < 1.29 is 157 Å². The zero-order valence-electron chi connectivity index (χ0n) is 42.5. The van der Waals surface area contributed by atoms with Crippen LogP contribution in [0.5, 0.6) is 0 Å². The molecule has 448 valence electrons. The number of carboxylic acids is 6. The molecule has 0 aromatic carbocycles. The van der Waals surface area contributed by atoms with E-state index in [1.165, 1.54) is 0 Å². The first-order valence-corrected chi connectivity index (χ1v) is 21.4. The van der Waals surface area contributed by atoms with Crippen LogP contribution in [0.4, 0.5) is 0 Å². The van der Waals surface area contributed by atoms with Crippen molar-refractivity contribution in [2.45, 2.75) is 38.5 Å². The number of aliphatic hydroxyl groups excluding tert-OH is 8. The smallest absolute Gasteiger partial charge is 0.330 e. The van der Waals surface area contributed by atoms with Crippen molar-refractivity contribution in [2.75, 3.05) is 92.5 Å². The third-order valence-electron chi connectivity index (χ3n) is 7.04. The number of hydrogen-bond acceptors (Lipinski definition) is 26. The van der Waals surface area contributed by atoms with E-state index in [9.17, 15) is 57.5 Å². The van der Waals surface area contributed by atoms with Crippen LogP contribution < -0.4 is 0 Å². The number of aliphatic carboxylic acids is 6. The lowest BCUT2D eigenvalue weighted by Gasteiger charge is -2.23. The number of ether oxygens (including phenoxy) is 6. The second kappa shape index (κ2) is 61.3. The summed E-state index contributed by atoms with van der Waals surface area (Å²) in [5.41, 5.74) is -2.22. The van der Waals surface area contributed by atoms with Crippen molar-refractivity contribution in [3.63, 3.8) is 0 Å². The molecule has 0 aliphatic rings. The maximum Gasteiger partial charge on any atom is 0.330 e. The highest BCUT2D eigenvalue weighted by Gasteiger charge is 2.27. The lowest BCUT2D eigenvalue weighted by atomic mass is 9.93. The first-order chi connectivity index (χ1) is 36.5. The van der Waals surface area contributed by atoms with Crippen molar-refractivity contribution >= 4 is 71.6 Å². The molecule has 0 aliphatic heterocycles. The molecule has 0 spiro atoms. The van der Waals surface area contributed by atoms with E-state index in [0.29, 0.717) is 0 Å². The fourth-order valence-corrected chi connectivity index (χ4v) is 2.39. The minimum atomic E-state index is -1.11. The molecule has 0 saturated heterocycles. The maximum absolute atomic E-state index is 10.3. The van der Waals surface area contributed by atoms with E-state index in [0.717, 1.165) is 36.5 Å². The van der Waals surface area contributed by atoms with Crippen molar-refractivity contribution in [1.29, 1.82) is 0 Å². The second-order valence-electron chi connectivity index (χ2n) is 13.4. The molecule has 0 unspecified atom stereocenters. The predicted molar refractivity (Wildman–Crippen MR) is 262 cm³/mol. The molecule has 0 aliphatic carbocycles. The SMILES string of the molecule is C=CC(=O)OCCC(=O)O.C=CC(=O)OCCC(=O)O.C=CC(=O)OCCC(=O)O.C=CC(=O)OCCC(=O)O.C=CC(=O)OCCC(=O)O.C=CC(=O)OCCC(=O)O.OCC(CO)(CO)CO.OCC(CO)(CO)CO. The van der Waals surface area contributed by atoms with E-state index >= 15 is 0 Å². The van der Waals surface area contributed by atoms with Crippen LogP contribution in [0.1, 0.15) is 38.5 Å². The molecule has 0 rings (SSSR count). The van der Waals surface area contributed by atoms with Gasteiger partial charge < -0.3 is 99.9 Å². The van der Waals surface area contributed by atoms with E-state index in [2.05, 4.69) is 67.9 Å². The lowest BCUT2D eigenvalue weighted by Crippen LogP contribution is -2.37. The predicted octanol–water partition coefficient (Wildman–Crippen LogP) is -2.97. The first kappa shape index (κ1) is 86.5. The highest BCUT2D eigenvalue weighted by Crippen LogP contribution is 2.12. The quantitative estimate of drug-likeness (QED) is 0.0182. The van der Waals surface area contributed by atoms with E-state index in [1.54, 1.807) is 0 Å². The molecule has 0 radical (unpaired) electrons. The van der Waals surface area contributed by atoms with Gasteiger partial charge in [0.05, 0.1) is 102 Å².